The smallest absolute Gasteiger partial charge is 0.339 e. The van der Waals surface area contributed by atoms with E-state index < -0.39 is 5.97 Å². The lowest BCUT2D eigenvalue weighted by atomic mass is 10.2. The summed E-state index contributed by atoms with van der Waals surface area (Å²) in [6.07, 6.45) is 2.70. The van der Waals surface area contributed by atoms with Crippen LogP contribution in [0.4, 0.5) is 0 Å². The number of carboxylic acids is 1. The average molecular weight is 252 g/mol. The summed E-state index contributed by atoms with van der Waals surface area (Å²) in [5.41, 5.74) is 0.729. The highest BCUT2D eigenvalue weighted by Gasteiger charge is 2.11. The molecule has 0 saturated heterocycles. The summed E-state index contributed by atoms with van der Waals surface area (Å²) in [7, 11) is 0. The molecule has 0 fully saturated rings. The van der Waals surface area contributed by atoms with Gasteiger partial charge in [-0.15, -0.1) is 23.1 Å². The van der Waals surface area contributed by atoms with Gasteiger partial charge in [0.25, 0.3) is 0 Å². The van der Waals surface area contributed by atoms with Gasteiger partial charge in [0, 0.05) is 11.9 Å². The molecule has 16 heavy (non-hydrogen) atoms. The van der Waals surface area contributed by atoms with E-state index in [0.717, 1.165) is 4.21 Å². The topological polar surface area (TPSA) is 63.1 Å². The number of hydrogen-bond donors (Lipinski definition) is 1. The molecule has 0 saturated carbocycles. The van der Waals surface area contributed by atoms with E-state index in [-0.39, 0.29) is 5.56 Å². The van der Waals surface area contributed by atoms with Crippen LogP contribution in [-0.2, 0) is 5.75 Å². The summed E-state index contributed by atoms with van der Waals surface area (Å²) >= 11 is 3.21. The first-order valence-electron chi connectivity index (χ1n) is 4.46. The van der Waals surface area contributed by atoms with Gasteiger partial charge in [0.15, 0.2) is 0 Å². The molecule has 0 aliphatic rings. The lowest BCUT2D eigenvalue weighted by molar-refractivity contribution is 0.0695. The van der Waals surface area contributed by atoms with Crippen molar-refractivity contribution < 1.29 is 9.90 Å². The molecule has 2 rings (SSSR count). The van der Waals surface area contributed by atoms with E-state index in [2.05, 4.69) is 9.97 Å². The fraction of sp³-hybridized carbons (Fsp3) is 0.100. The van der Waals surface area contributed by atoms with E-state index >= 15 is 0 Å². The molecule has 2 aromatic rings. The Bertz CT molecular complexity index is 485. The monoisotopic (exact) mass is 252 g/mol. The van der Waals surface area contributed by atoms with Crippen LogP contribution in [-0.4, -0.2) is 21.0 Å². The van der Waals surface area contributed by atoms with Gasteiger partial charge in [0.05, 0.1) is 9.90 Å². The van der Waals surface area contributed by atoms with E-state index in [0.29, 0.717) is 11.4 Å². The van der Waals surface area contributed by atoms with Crippen molar-refractivity contribution in [2.45, 2.75) is 9.96 Å². The summed E-state index contributed by atoms with van der Waals surface area (Å²) in [5.74, 6) is -0.438. The fourth-order valence-electron chi connectivity index (χ4n) is 1.13. The van der Waals surface area contributed by atoms with Gasteiger partial charge in [-0.3, -0.25) is 0 Å². The van der Waals surface area contributed by atoms with Crippen molar-refractivity contribution in [1.82, 2.24) is 9.97 Å². The number of aromatic nitrogens is 2. The molecule has 0 atom stereocenters. The van der Waals surface area contributed by atoms with Crippen molar-refractivity contribution in [1.29, 1.82) is 0 Å². The molecular weight excluding hydrogens is 244 g/mol. The molecule has 0 spiro atoms. The molecular formula is C10H8N2O2S2. The van der Waals surface area contributed by atoms with E-state index in [1.54, 1.807) is 23.1 Å². The van der Waals surface area contributed by atoms with Crippen LogP contribution >= 0.6 is 23.1 Å². The van der Waals surface area contributed by atoms with E-state index in [9.17, 15) is 4.79 Å². The third kappa shape index (κ3) is 2.59. The number of thioether (sulfide) groups is 1. The first-order chi connectivity index (χ1) is 7.77. The Morgan fingerprint density at radius 2 is 2.44 bits per heavy atom. The summed E-state index contributed by atoms with van der Waals surface area (Å²) in [4.78, 5) is 18.6. The number of rotatable bonds is 4. The number of aromatic carboxylic acids is 1. The van der Waals surface area contributed by atoms with Crippen molar-refractivity contribution in [3.05, 3.63) is 41.3 Å². The molecule has 0 aromatic carbocycles. The van der Waals surface area contributed by atoms with Gasteiger partial charge in [-0.25, -0.2) is 14.8 Å². The van der Waals surface area contributed by atoms with Crippen molar-refractivity contribution in [3.8, 4) is 0 Å². The normalized spacial score (nSPS) is 10.2. The van der Waals surface area contributed by atoms with Gasteiger partial charge in [-0.2, -0.15) is 0 Å². The van der Waals surface area contributed by atoms with Crippen LogP contribution < -0.4 is 0 Å². The van der Waals surface area contributed by atoms with Crippen molar-refractivity contribution in [3.63, 3.8) is 0 Å². The van der Waals surface area contributed by atoms with E-state index in [1.807, 2.05) is 17.5 Å². The summed E-state index contributed by atoms with van der Waals surface area (Å²) in [6, 6.07) is 3.96. The molecule has 6 heteroatoms. The second-order valence-corrected chi connectivity index (χ2v) is 5.13. The minimum absolute atomic E-state index is 0.173. The van der Waals surface area contributed by atoms with Crippen molar-refractivity contribution in [2.24, 2.45) is 0 Å². The molecule has 0 aliphatic heterocycles. The van der Waals surface area contributed by atoms with Gasteiger partial charge >= 0.3 is 5.97 Å². The second-order valence-electron chi connectivity index (χ2n) is 2.91. The minimum Gasteiger partial charge on any atom is -0.478 e. The first kappa shape index (κ1) is 11.1. The van der Waals surface area contributed by atoms with Gasteiger partial charge < -0.3 is 5.11 Å². The molecule has 0 amide bonds. The predicted octanol–water partition coefficient (Wildman–Crippen LogP) is 2.53. The zero-order valence-electron chi connectivity index (χ0n) is 8.16. The van der Waals surface area contributed by atoms with Crippen LogP contribution in [0, 0.1) is 0 Å². The number of carbonyl (C=O) groups is 1. The number of thiophene rings is 1. The molecule has 82 valence electrons. The van der Waals surface area contributed by atoms with Crippen molar-refractivity contribution in [2.75, 3.05) is 0 Å². The van der Waals surface area contributed by atoms with Gasteiger partial charge in [-0.05, 0) is 11.4 Å². The standard InChI is InChI=1S/C10H8N2O2S2/c13-10(14)7-4-11-6-12-8(7)5-16-9-2-1-3-15-9/h1-4,6H,5H2,(H,13,14). The molecule has 0 radical (unpaired) electrons. The zero-order chi connectivity index (χ0) is 11.4. The van der Waals surface area contributed by atoms with E-state index in [4.69, 9.17) is 5.11 Å². The van der Waals surface area contributed by atoms with Crippen LogP contribution in [0.3, 0.4) is 0 Å². The fourth-order valence-corrected chi connectivity index (χ4v) is 2.88. The summed E-state index contributed by atoms with van der Waals surface area (Å²) in [6.45, 7) is 0. The molecule has 2 heterocycles. The highest BCUT2D eigenvalue weighted by molar-refractivity contribution is 8.00. The Balaban J connectivity index is 2.12. The van der Waals surface area contributed by atoms with E-state index in [1.165, 1.54) is 12.5 Å². The number of carboxylic acid groups (broad SMARTS) is 1. The van der Waals surface area contributed by atoms with Crippen molar-refractivity contribution >= 4 is 29.1 Å². The maximum absolute atomic E-state index is 10.9. The van der Waals surface area contributed by atoms with Gasteiger partial charge in [-0.1, -0.05) is 6.07 Å². The lowest BCUT2D eigenvalue weighted by Crippen LogP contribution is -2.04. The molecule has 1 N–H and O–H groups in total. The SMILES string of the molecule is O=C(O)c1cncnc1CSc1cccs1. The minimum atomic E-state index is -0.984. The molecule has 0 bridgehead atoms. The Hall–Kier alpha value is -1.40. The maximum atomic E-state index is 10.9. The van der Waals surface area contributed by atoms with Crippen LogP contribution in [0.2, 0.25) is 0 Å². The van der Waals surface area contributed by atoms with Gasteiger partial charge in [0.1, 0.15) is 11.9 Å². The Labute approximate surface area is 100 Å². The van der Waals surface area contributed by atoms with Crippen LogP contribution in [0.25, 0.3) is 0 Å². The molecule has 4 nitrogen and oxygen atoms in total. The van der Waals surface area contributed by atoms with Gasteiger partial charge in [0.2, 0.25) is 0 Å². The summed E-state index contributed by atoms with van der Waals surface area (Å²) in [5, 5.41) is 10.9. The quantitative estimate of drug-likeness (QED) is 0.847. The number of hydrogen-bond acceptors (Lipinski definition) is 5. The maximum Gasteiger partial charge on any atom is 0.339 e. The molecule has 0 unspecified atom stereocenters. The predicted molar refractivity (Wildman–Crippen MR) is 62.9 cm³/mol. The van der Waals surface area contributed by atoms with Crippen LogP contribution in [0.5, 0.6) is 0 Å². The Morgan fingerprint density at radius 1 is 1.56 bits per heavy atom. The Morgan fingerprint density at radius 3 is 3.12 bits per heavy atom. The second kappa shape index (κ2) is 5.09. The molecule has 2 aromatic heterocycles. The highest BCUT2D eigenvalue weighted by atomic mass is 32.2. The lowest BCUT2D eigenvalue weighted by Gasteiger charge is -2.02. The zero-order valence-corrected chi connectivity index (χ0v) is 9.79. The Kier molecular flexibility index (Phi) is 3.53. The summed E-state index contributed by atoms with van der Waals surface area (Å²) < 4.78 is 1.15. The van der Waals surface area contributed by atoms with Crippen LogP contribution in [0.1, 0.15) is 16.1 Å². The average Bonchev–Trinajstić information content (AvgIpc) is 2.79. The first-order valence-corrected chi connectivity index (χ1v) is 6.32. The molecule has 0 aliphatic carbocycles. The number of nitrogens with zero attached hydrogens (tertiary/aromatic N) is 2. The van der Waals surface area contributed by atoms with Crippen LogP contribution in [0.15, 0.2) is 34.2 Å². The highest BCUT2D eigenvalue weighted by Crippen LogP contribution is 2.27. The third-order valence-corrected chi connectivity index (χ3v) is 4.01. The third-order valence-electron chi connectivity index (χ3n) is 1.87. The largest absolute Gasteiger partial charge is 0.478 e.